The van der Waals surface area contributed by atoms with Gasteiger partial charge in [-0.05, 0) is 6.92 Å². The van der Waals surface area contributed by atoms with Gasteiger partial charge in [-0.3, -0.25) is 0 Å². The van der Waals surface area contributed by atoms with E-state index in [0.717, 1.165) is 0 Å². The lowest BCUT2D eigenvalue weighted by atomic mass is 10.2. The first kappa shape index (κ1) is 9.19. The zero-order valence-corrected chi connectivity index (χ0v) is 7.87. The zero-order valence-electron chi connectivity index (χ0n) is 7.87. The standard InChI is InChI=1S/C8H14N2O2/c1-5(2)8-9-7(10-12-8)6(3)11-4/h5-6H,1-4H3. The Kier molecular flexibility index (Phi) is 2.81. The highest BCUT2D eigenvalue weighted by molar-refractivity contribution is 4.92. The minimum atomic E-state index is -0.0961. The number of hydrogen-bond donors (Lipinski definition) is 0. The molecule has 0 fully saturated rings. The van der Waals surface area contributed by atoms with Crippen LogP contribution in [0.3, 0.4) is 0 Å². The van der Waals surface area contributed by atoms with Gasteiger partial charge in [0.1, 0.15) is 6.10 Å². The lowest BCUT2D eigenvalue weighted by Crippen LogP contribution is -1.98. The van der Waals surface area contributed by atoms with Crippen molar-refractivity contribution in [2.24, 2.45) is 0 Å². The molecule has 68 valence electrons. The third-order valence-electron chi connectivity index (χ3n) is 1.67. The molecule has 1 aromatic rings. The summed E-state index contributed by atoms with van der Waals surface area (Å²) in [6, 6.07) is 0. The number of aromatic nitrogens is 2. The monoisotopic (exact) mass is 170 g/mol. The van der Waals surface area contributed by atoms with Crippen molar-refractivity contribution in [2.75, 3.05) is 7.11 Å². The fourth-order valence-corrected chi connectivity index (χ4v) is 0.752. The molecule has 1 aromatic heterocycles. The van der Waals surface area contributed by atoms with Crippen molar-refractivity contribution in [3.05, 3.63) is 11.7 Å². The normalized spacial score (nSPS) is 13.8. The maximum Gasteiger partial charge on any atom is 0.229 e. The van der Waals surface area contributed by atoms with Gasteiger partial charge in [0.15, 0.2) is 5.82 Å². The Morgan fingerprint density at radius 1 is 1.33 bits per heavy atom. The molecule has 1 atom stereocenters. The molecule has 0 aliphatic carbocycles. The SMILES string of the molecule is COC(C)c1noc(C(C)C)n1. The Morgan fingerprint density at radius 3 is 2.42 bits per heavy atom. The van der Waals surface area contributed by atoms with Crippen LogP contribution in [0, 0.1) is 0 Å². The van der Waals surface area contributed by atoms with Gasteiger partial charge < -0.3 is 9.26 Å². The number of rotatable bonds is 3. The first-order valence-electron chi connectivity index (χ1n) is 4.01. The second-order valence-electron chi connectivity index (χ2n) is 3.02. The second-order valence-corrected chi connectivity index (χ2v) is 3.02. The van der Waals surface area contributed by atoms with E-state index in [1.54, 1.807) is 7.11 Å². The molecule has 0 saturated heterocycles. The minimum Gasteiger partial charge on any atom is -0.374 e. The predicted octanol–water partition coefficient (Wildman–Crippen LogP) is 1.90. The molecule has 0 spiro atoms. The first-order chi connectivity index (χ1) is 5.65. The molecule has 1 rings (SSSR count). The van der Waals surface area contributed by atoms with Crippen LogP contribution < -0.4 is 0 Å². The van der Waals surface area contributed by atoms with Crippen LogP contribution in [0.15, 0.2) is 4.52 Å². The summed E-state index contributed by atoms with van der Waals surface area (Å²) >= 11 is 0. The molecular weight excluding hydrogens is 156 g/mol. The van der Waals surface area contributed by atoms with Crippen LogP contribution in [0.5, 0.6) is 0 Å². The fourth-order valence-electron chi connectivity index (χ4n) is 0.752. The van der Waals surface area contributed by atoms with E-state index >= 15 is 0 Å². The van der Waals surface area contributed by atoms with E-state index < -0.39 is 0 Å². The number of nitrogens with zero attached hydrogens (tertiary/aromatic N) is 2. The van der Waals surface area contributed by atoms with E-state index in [9.17, 15) is 0 Å². The van der Waals surface area contributed by atoms with Gasteiger partial charge in [-0.1, -0.05) is 19.0 Å². The lowest BCUT2D eigenvalue weighted by molar-refractivity contribution is 0.109. The van der Waals surface area contributed by atoms with Crippen molar-refractivity contribution >= 4 is 0 Å². The van der Waals surface area contributed by atoms with E-state index in [2.05, 4.69) is 10.1 Å². The van der Waals surface area contributed by atoms with E-state index in [0.29, 0.717) is 11.7 Å². The van der Waals surface area contributed by atoms with Gasteiger partial charge in [0.05, 0.1) is 0 Å². The molecule has 1 heterocycles. The molecule has 0 bridgehead atoms. The summed E-state index contributed by atoms with van der Waals surface area (Å²) in [6.45, 7) is 5.90. The fraction of sp³-hybridized carbons (Fsp3) is 0.750. The predicted molar refractivity (Wildman–Crippen MR) is 43.8 cm³/mol. The molecule has 0 aliphatic rings. The Balaban J connectivity index is 2.77. The Hall–Kier alpha value is -0.900. The summed E-state index contributed by atoms with van der Waals surface area (Å²) in [7, 11) is 1.62. The van der Waals surface area contributed by atoms with Crippen molar-refractivity contribution in [3.8, 4) is 0 Å². The first-order valence-corrected chi connectivity index (χ1v) is 4.01. The zero-order chi connectivity index (χ0) is 9.14. The van der Waals surface area contributed by atoms with Crippen molar-refractivity contribution in [2.45, 2.75) is 32.8 Å². The van der Waals surface area contributed by atoms with E-state index in [1.165, 1.54) is 0 Å². The second kappa shape index (κ2) is 3.67. The van der Waals surface area contributed by atoms with Crippen LogP contribution >= 0.6 is 0 Å². The van der Waals surface area contributed by atoms with Gasteiger partial charge in [0.25, 0.3) is 0 Å². The molecule has 4 heteroatoms. The maximum absolute atomic E-state index is 5.04. The largest absolute Gasteiger partial charge is 0.374 e. The van der Waals surface area contributed by atoms with Crippen LogP contribution in [0.4, 0.5) is 0 Å². The number of hydrogen-bond acceptors (Lipinski definition) is 4. The minimum absolute atomic E-state index is 0.0961. The van der Waals surface area contributed by atoms with Crippen molar-refractivity contribution < 1.29 is 9.26 Å². The average Bonchev–Trinajstić information content (AvgIpc) is 2.51. The van der Waals surface area contributed by atoms with Gasteiger partial charge in [0, 0.05) is 13.0 Å². The summed E-state index contributed by atoms with van der Waals surface area (Å²) in [5.74, 6) is 1.55. The van der Waals surface area contributed by atoms with Crippen LogP contribution in [0.2, 0.25) is 0 Å². The van der Waals surface area contributed by atoms with E-state index in [-0.39, 0.29) is 12.0 Å². The van der Waals surface area contributed by atoms with Gasteiger partial charge in [0.2, 0.25) is 5.89 Å². The van der Waals surface area contributed by atoms with Crippen LogP contribution in [0.1, 0.15) is 44.5 Å². The Bertz CT molecular complexity index is 245. The highest BCUT2D eigenvalue weighted by Crippen LogP contribution is 2.16. The summed E-state index contributed by atoms with van der Waals surface area (Å²) in [4.78, 5) is 4.18. The third kappa shape index (κ3) is 1.82. The summed E-state index contributed by atoms with van der Waals surface area (Å²) in [5, 5.41) is 3.80. The van der Waals surface area contributed by atoms with Crippen LogP contribution in [0.25, 0.3) is 0 Å². The van der Waals surface area contributed by atoms with Crippen molar-refractivity contribution in [3.63, 3.8) is 0 Å². The molecule has 0 aromatic carbocycles. The number of ether oxygens (including phenoxy) is 1. The van der Waals surface area contributed by atoms with Gasteiger partial charge in [-0.2, -0.15) is 4.98 Å². The molecule has 0 aliphatic heterocycles. The van der Waals surface area contributed by atoms with Crippen LogP contribution in [-0.4, -0.2) is 17.3 Å². The average molecular weight is 170 g/mol. The summed E-state index contributed by atoms with van der Waals surface area (Å²) < 4.78 is 10.1. The van der Waals surface area contributed by atoms with Crippen LogP contribution in [-0.2, 0) is 4.74 Å². The van der Waals surface area contributed by atoms with Gasteiger partial charge in [-0.25, -0.2) is 0 Å². The molecule has 1 unspecified atom stereocenters. The smallest absolute Gasteiger partial charge is 0.229 e. The Labute approximate surface area is 71.9 Å². The highest BCUT2D eigenvalue weighted by Gasteiger charge is 2.14. The highest BCUT2D eigenvalue weighted by atomic mass is 16.5. The van der Waals surface area contributed by atoms with Gasteiger partial charge >= 0.3 is 0 Å². The third-order valence-corrected chi connectivity index (χ3v) is 1.67. The molecular formula is C8H14N2O2. The molecule has 4 nitrogen and oxygen atoms in total. The molecule has 0 N–H and O–H groups in total. The molecule has 0 saturated carbocycles. The van der Waals surface area contributed by atoms with Crippen molar-refractivity contribution in [1.29, 1.82) is 0 Å². The Morgan fingerprint density at radius 2 is 2.00 bits per heavy atom. The van der Waals surface area contributed by atoms with E-state index in [1.807, 2.05) is 20.8 Å². The van der Waals surface area contributed by atoms with Crippen molar-refractivity contribution in [1.82, 2.24) is 10.1 Å². The molecule has 0 amide bonds. The summed E-state index contributed by atoms with van der Waals surface area (Å²) in [6.07, 6.45) is -0.0961. The van der Waals surface area contributed by atoms with Gasteiger partial charge in [-0.15, -0.1) is 0 Å². The molecule has 0 radical (unpaired) electrons. The summed E-state index contributed by atoms with van der Waals surface area (Å²) in [5.41, 5.74) is 0. The molecule has 12 heavy (non-hydrogen) atoms. The topological polar surface area (TPSA) is 48.2 Å². The number of methoxy groups -OCH3 is 1. The quantitative estimate of drug-likeness (QED) is 0.695. The van der Waals surface area contributed by atoms with E-state index in [4.69, 9.17) is 9.26 Å². The lowest BCUT2D eigenvalue weighted by Gasteiger charge is -2.01. The maximum atomic E-state index is 5.04.